The lowest BCUT2D eigenvalue weighted by Crippen LogP contribution is -2.26. The number of alkyl halides is 1. The van der Waals surface area contributed by atoms with Gasteiger partial charge in [0.1, 0.15) is 4.66 Å². The van der Waals surface area contributed by atoms with E-state index in [1.54, 1.807) is 12.4 Å². The number of hydrogen-bond donors (Lipinski definition) is 1. The highest BCUT2D eigenvalue weighted by molar-refractivity contribution is 9.10. The normalized spacial score (nSPS) is 12.2. The molecule has 1 heterocycles. The molecule has 1 aromatic rings. The molecule has 74 valence electrons. The Balaban J connectivity index is 2.66. The Kier molecular flexibility index (Phi) is 3.46. The van der Waals surface area contributed by atoms with E-state index in [1.807, 2.05) is 0 Å². The van der Waals surface area contributed by atoms with Crippen molar-refractivity contribution in [1.82, 2.24) is 14.5 Å². The van der Waals surface area contributed by atoms with Crippen LogP contribution in [0.4, 0.5) is 0 Å². The van der Waals surface area contributed by atoms with Crippen LogP contribution in [-0.4, -0.2) is 34.6 Å². The Hall–Kier alpha value is -0.400. The summed E-state index contributed by atoms with van der Waals surface area (Å²) in [5.74, 6) is 0. The molecule has 5 nitrogen and oxygen atoms in total. The van der Waals surface area contributed by atoms with Crippen molar-refractivity contribution in [2.24, 2.45) is 0 Å². The van der Waals surface area contributed by atoms with Gasteiger partial charge in [-0.3, -0.25) is 5.10 Å². The number of H-pyrrole nitrogens is 1. The molecule has 7 heteroatoms. The molecular formula is C6H10BrN3O2S. The number of hydrogen-bond acceptors (Lipinski definition) is 3. The van der Waals surface area contributed by atoms with E-state index >= 15 is 0 Å². The second kappa shape index (κ2) is 4.21. The van der Waals surface area contributed by atoms with Gasteiger partial charge >= 0.3 is 0 Å². The van der Waals surface area contributed by atoms with Crippen molar-refractivity contribution in [3.63, 3.8) is 0 Å². The maximum atomic E-state index is 11.3. The number of aromatic nitrogens is 2. The topological polar surface area (TPSA) is 66.1 Å². The van der Waals surface area contributed by atoms with E-state index in [1.165, 1.54) is 11.4 Å². The minimum atomic E-state index is -3.17. The van der Waals surface area contributed by atoms with Crippen LogP contribution in [0.3, 0.4) is 0 Å². The fraction of sp³-hybridized carbons (Fsp3) is 0.500. The van der Waals surface area contributed by atoms with Crippen molar-refractivity contribution in [2.75, 3.05) is 11.7 Å². The van der Waals surface area contributed by atoms with Crippen molar-refractivity contribution in [3.8, 4) is 0 Å². The first-order valence-corrected chi connectivity index (χ1v) is 6.27. The fourth-order valence-electron chi connectivity index (χ4n) is 0.803. The Morgan fingerprint density at radius 2 is 2.38 bits per heavy atom. The van der Waals surface area contributed by atoms with E-state index in [4.69, 9.17) is 0 Å². The molecule has 1 rings (SSSR count). The first-order chi connectivity index (χ1) is 6.06. The first kappa shape index (κ1) is 10.7. The van der Waals surface area contributed by atoms with E-state index < -0.39 is 10.0 Å². The second-order valence-electron chi connectivity index (χ2n) is 2.58. The summed E-state index contributed by atoms with van der Waals surface area (Å²) < 4.78 is 23.8. The average Bonchev–Trinajstić information content (AvgIpc) is 2.57. The SMILES string of the molecule is CN(Cc1cn[nH]c1)S(=O)(=O)CBr. The molecule has 0 unspecified atom stereocenters. The predicted octanol–water partition coefficient (Wildman–Crippen LogP) is 0.524. The highest BCUT2D eigenvalue weighted by atomic mass is 79.9. The van der Waals surface area contributed by atoms with Crippen molar-refractivity contribution in [1.29, 1.82) is 0 Å². The molecule has 0 aliphatic rings. The molecule has 0 saturated carbocycles. The van der Waals surface area contributed by atoms with Gasteiger partial charge < -0.3 is 0 Å². The molecule has 0 aromatic carbocycles. The molecule has 0 bridgehead atoms. The maximum Gasteiger partial charge on any atom is 0.224 e. The Morgan fingerprint density at radius 3 is 2.85 bits per heavy atom. The summed E-state index contributed by atoms with van der Waals surface area (Å²) in [5.41, 5.74) is 0.840. The van der Waals surface area contributed by atoms with Gasteiger partial charge in [-0.1, -0.05) is 15.9 Å². The molecule has 0 radical (unpaired) electrons. The van der Waals surface area contributed by atoms with E-state index in [-0.39, 0.29) is 4.66 Å². The summed E-state index contributed by atoms with van der Waals surface area (Å²) in [5, 5.41) is 6.35. The third kappa shape index (κ3) is 2.78. The molecule has 0 amide bonds. The Labute approximate surface area is 85.3 Å². The van der Waals surface area contributed by atoms with Gasteiger partial charge in [-0.05, 0) is 0 Å². The van der Waals surface area contributed by atoms with E-state index in [0.29, 0.717) is 6.54 Å². The number of aromatic amines is 1. The van der Waals surface area contributed by atoms with Crippen LogP contribution in [0.1, 0.15) is 5.56 Å². The van der Waals surface area contributed by atoms with Crippen molar-refractivity contribution >= 4 is 26.0 Å². The summed E-state index contributed by atoms with van der Waals surface area (Å²) in [6.07, 6.45) is 3.26. The van der Waals surface area contributed by atoms with Gasteiger partial charge in [0.2, 0.25) is 10.0 Å². The summed E-state index contributed by atoms with van der Waals surface area (Å²) in [4.78, 5) is 0. The van der Waals surface area contributed by atoms with Crippen LogP contribution in [0.25, 0.3) is 0 Å². The zero-order valence-electron chi connectivity index (χ0n) is 7.07. The zero-order valence-corrected chi connectivity index (χ0v) is 9.47. The highest BCUT2D eigenvalue weighted by Gasteiger charge is 2.16. The van der Waals surface area contributed by atoms with Crippen LogP contribution in [-0.2, 0) is 16.6 Å². The Morgan fingerprint density at radius 1 is 1.69 bits per heavy atom. The summed E-state index contributed by atoms with van der Waals surface area (Å²) in [6, 6.07) is 0. The van der Waals surface area contributed by atoms with Gasteiger partial charge in [0, 0.05) is 25.4 Å². The molecule has 0 fully saturated rings. The molecular weight excluding hydrogens is 258 g/mol. The van der Waals surface area contributed by atoms with Gasteiger partial charge in [0.25, 0.3) is 0 Å². The molecule has 1 N–H and O–H groups in total. The lowest BCUT2D eigenvalue weighted by molar-refractivity contribution is 0.471. The first-order valence-electron chi connectivity index (χ1n) is 3.54. The van der Waals surface area contributed by atoms with E-state index in [0.717, 1.165) is 5.56 Å². The van der Waals surface area contributed by atoms with Crippen molar-refractivity contribution in [3.05, 3.63) is 18.0 Å². The van der Waals surface area contributed by atoms with Crippen LogP contribution in [0.2, 0.25) is 0 Å². The lowest BCUT2D eigenvalue weighted by atomic mass is 10.4. The van der Waals surface area contributed by atoms with Gasteiger partial charge in [-0.15, -0.1) is 0 Å². The molecule has 0 atom stereocenters. The molecule has 1 aromatic heterocycles. The minimum Gasteiger partial charge on any atom is -0.285 e. The predicted molar refractivity (Wildman–Crippen MR) is 52.8 cm³/mol. The number of nitrogens with zero attached hydrogens (tertiary/aromatic N) is 2. The van der Waals surface area contributed by atoms with Crippen LogP contribution < -0.4 is 0 Å². The summed E-state index contributed by atoms with van der Waals surface area (Å²) in [7, 11) is -1.63. The average molecular weight is 268 g/mol. The largest absolute Gasteiger partial charge is 0.285 e. The number of rotatable bonds is 4. The zero-order chi connectivity index (χ0) is 9.90. The van der Waals surface area contributed by atoms with Crippen LogP contribution >= 0.6 is 15.9 Å². The lowest BCUT2D eigenvalue weighted by Gasteiger charge is -2.13. The third-order valence-electron chi connectivity index (χ3n) is 1.57. The molecule has 0 aliphatic heterocycles. The Bertz CT molecular complexity index is 348. The van der Waals surface area contributed by atoms with E-state index in [2.05, 4.69) is 26.1 Å². The van der Waals surface area contributed by atoms with Crippen LogP contribution in [0, 0.1) is 0 Å². The third-order valence-corrected chi connectivity index (χ3v) is 4.66. The minimum absolute atomic E-state index is 0.0612. The van der Waals surface area contributed by atoms with Gasteiger partial charge in [0.15, 0.2) is 0 Å². The monoisotopic (exact) mass is 267 g/mol. The number of nitrogens with one attached hydrogen (secondary N) is 1. The molecule has 0 spiro atoms. The number of halogens is 1. The number of sulfonamides is 1. The fourth-order valence-corrected chi connectivity index (χ4v) is 2.36. The smallest absolute Gasteiger partial charge is 0.224 e. The summed E-state index contributed by atoms with van der Waals surface area (Å²) in [6.45, 7) is 0.338. The highest BCUT2D eigenvalue weighted by Crippen LogP contribution is 2.07. The van der Waals surface area contributed by atoms with Crippen molar-refractivity contribution in [2.45, 2.75) is 6.54 Å². The second-order valence-corrected chi connectivity index (χ2v) is 5.96. The van der Waals surface area contributed by atoms with Crippen LogP contribution in [0.15, 0.2) is 12.4 Å². The van der Waals surface area contributed by atoms with Gasteiger partial charge in [0.05, 0.1) is 6.20 Å². The van der Waals surface area contributed by atoms with E-state index in [9.17, 15) is 8.42 Å². The molecule has 0 aliphatic carbocycles. The quantitative estimate of drug-likeness (QED) is 0.810. The molecule has 0 saturated heterocycles. The van der Waals surface area contributed by atoms with Gasteiger partial charge in [-0.25, -0.2) is 8.42 Å². The molecule has 13 heavy (non-hydrogen) atoms. The van der Waals surface area contributed by atoms with Gasteiger partial charge in [-0.2, -0.15) is 9.40 Å². The summed E-state index contributed by atoms with van der Waals surface area (Å²) >= 11 is 2.92. The maximum absolute atomic E-state index is 11.3. The van der Waals surface area contributed by atoms with Crippen LogP contribution in [0.5, 0.6) is 0 Å². The van der Waals surface area contributed by atoms with Crippen molar-refractivity contribution < 1.29 is 8.42 Å². The standard InChI is InChI=1S/C6H10BrN3O2S/c1-10(13(11,12)5-7)4-6-2-8-9-3-6/h2-3H,4-5H2,1H3,(H,8,9).